The number of hydrogen-bond donors (Lipinski definition) is 0. The van der Waals surface area contributed by atoms with Gasteiger partial charge < -0.3 is 14.3 Å². The van der Waals surface area contributed by atoms with Crippen LogP contribution in [0.5, 0.6) is 0 Å². The first kappa shape index (κ1) is 20.1. The van der Waals surface area contributed by atoms with Crippen LogP contribution in [-0.4, -0.2) is 63.1 Å². The number of anilines is 1. The summed E-state index contributed by atoms with van der Waals surface area (Å²) < 4.78 is 7.15. The zero-order valence-electron chi connectivity index (χ0n) is 17.7. The first-order chi connectivity index (χ1) is 14.5. The Morgan fingerprint density at radius 3 is 2.60 bits per heavy atom. The van der Waals surface area contributed by atoms with Gasteiger partial charge in [-0.3, -0.25) is 4.79 Å². The largest absolute Gasteiger partial charge is 0.378 e. The SMILES string of the molecule is CCCc1noc(-c2cn(C3CCN(C(=O)c4ccc(N(C)C)cc4)CC3)nn2)n1. The maximum atomic E-state index is 12.8. The molecule has 1 aromatic carbocycles. The van der Waals surface area contributed by atoms with Gasteiger partial charge in [0.05, 0.1) is 12.2 Å². The average Bonchev–Trinajstić information content (AvgIpc) is 3.43. The second kappa shape index (κ2) is 8.64. The minimum absolute atomic E-state index is 0.0762. The second-order valence-electron chi connectivity index (χ2n) is 7.81. The summed E-state index contributed by atoms with van der Waals surface area (Å²) in [5, 5.41) is 12.4. The predicted molar refractivity (Wildman–Crippen MR) is 112 cm³/mol. The van der Waals surface area contributed by atoms with Crippen LogP contribution in [0, 0.1) is 0 Å². The Bertz CT molecular complexity index is 985. The number of likely N-dealkylation sites (tertiary alicyclic amines) is 1. The molecule has 0 spiro atoms. The van der Waals surface area contributed by atoms with Crippen LogP contribution in [0.15, 0.2) is 35.0 Å². The Morgan fingerprint density at radius 2 is 1.93 bits per heavy atom. The lowest BCUT2D eigenvalue weighted by atomic mass is 10.0. The van der Waals surface area contributed by atoms with Crippen LogP contribution in [-0.2, 0) is 6.42 Å². The van der Waals surface area contributed by atoms with Crippen molar-refractivity contribution in [3.8, 4) is 11.6 Å². The molecule has 1 aliphatic rings. The van der Waals surface area contributed by atoms with E-state index in [0.29, 0.717) is 30.5 Å². The summed E-state index contributed by atoms with van der Waals surface area (Å²) in [6.07, 6.45) is 5.25. The zero-order chi connectivity index (χ0) is 21.1. The zero-order valence-corrected chi connectivity index (χ0v) is 17.7. The number of nitrogens with zero attached hydrogens (tertiary/aromatic N) is 7. The molecule has 0 saturated carbocycles. The molecule has 2 aromatic heterocycles. The molecule has 0 N–H and O–H groups in total. The molecule has 4 rings (SSSR count). The number of piperidine rings is 1. The van der Waals surface area contributed by atoms with E-state index in [1.165, 1.54) is 0 Å². The molecule has 1 fully saturated rings. The summed E-state index contributed by atoms with van der Waals surface area (Å²) in [7, 11) is 3.97. The van der Waals surface area contributed by atoms with E-state index in [1.807, 2.05) is 59.0 Å². The van der Waals surface area contributed by atoms with Crippen LogP contribution >= 0.6 is 0 Å². The van der Waals surface area contributed by atoms with Gasteiger partial charge in [0.15, 0.2) is 11.5 Å². The highest BCUT2D eigenvalue weighted by Gasteiger charge is 2.26. The van der Waals surface area contributed by atoms with Gasteiger partial charge in [0.1, 0.15) is 0 Å². The fraction of sp³-hybridized carbons (Fsp3) is 0.476. The average molecular weight is 409 g/mol. The Hall–Kier alpha value is -3.23. The number of carbonyl (C=O) groups is 1. The van der Waals surface area contributed by atoms with Gasteiger partial charge in [-0.2, -0.15) is 4.98 Å². The van der Waals surface area contributed by atoms with Crippen LogP contribution in [0.25, 0.3) is 11.6 Å². The molecule has 9 nitrogen and oxygen atoms in total. The number of hydrogen-bond acceptors (Lipinski definition) is 7. The summed E-state index contributed by atoms with van der Waals surface area (Å²) >= 11 is 0. The maximum absolute atomic E-state index is 12.8. The third-order valence-electron chi connectivity index (χ3n) is 5.43. The standard InChI is InChI=1S/C21H27N7O2/c1-4-5-19-22-20(30-24-19)18-14-28(25-23-18)17-10-12-27(13-11-17)21(29)15-6-8-16(9-7-15)26(2)3/h6-9,14,17H,4-5,10-13H2,1-3H3. The summed E-state index contributed by atoms with van der Waals surface area (Å²) in [6, 6.07) is 7.93. The number of aromatic nitrogens is 5. The highest BCUT2D eigenvalue weighted by atomic mass is 16.5. The lowest BCUT2D eigenvalue weighted by Crippen LogP contribution is -2.39. The van der Waals surface area contributed by atoms with Gasteiger partial charge in [-0.25, -0.2) is 4.68 Å². The Labute approximate surface area is 175 Å². The number of amides is 1. The first-order valence-electron chi connectivity index (χ1n) is 10.4. The Balaban J connectivity index is 1.36. The fourth-order valence-corrected chi connectivity index (χ4v) is 3.65. The normalized spacial score (nSPS) is 14.8. The molecular weight excluding hydrogens is 382 g/mol. The van der Waals surface area contributed by atoms with Crippen molar-refractivity contribution < 1.29 is 9.32 Å². The molecule has 9 heteroatoms. The third-order valence-corrected chi connectivity index (χ3v) is 5.43. The van der Waals surface area contributed by atoms with Crippen molar-refractivity contribution in [3.63, 3.8) is 0 Å². The molecule has 3 aromatic rings. The van der Waals surface area contributed by atoms with E-state index in [-0.39, 0.29) is 11.9 Å². The minimum atomic E-state index is 0.0762. The third kappa shape index (κ3) is 4.19. The summed E-state index contributed by atoms with van der Waals surface area (Å²) in [6.45, 7) is 3.45. The van der Waals surface area contributed by atoms with Crippen LogP contribution < -0.4 is 4.90 Å². The monoisotopic (exact) mass is 409 g/mol. The number of benzene rings is 1. The molecule has 0 aliphatic carbocycles. The van der Waals surface area contributed by atoms with E-state index >= 15 is 0 Å². The van der Waals surface area contributed by atoms with Crippen molar-refractivity contribution in [1.82, 2.24) is 30.0 Å². The molecule has 3 heterocycles. The fourth-order valence-electron chi connectivity index (χ4n) is 3.65. The molecule has 0 atom stereocenters. The molecule has 158 valence electrons. The predicted octanol–water partition coefficient (Wildman–Crippen LogP) is 2.82. The van der Waals surface area contributed by atoms with Gasteiger partial charge in [-0.1, -0.05) is 17.3 Å². The quantitative estimate of drug-likeness (QED) is 0.618. The molecule has 1 amide bonds. The molecular formula is C21H27N7O2. The molecule has 0 unspecified atom stereocenters. The van der Waals surface area contributed by atoms with E-state index in [1.54, 1.807) is 0 Å². The van der Waals surface area contributed by atoms with Crippen molar-refractivity contribution in [3.05, 3.63) is 41.9 Å². The van der Waals surface area contributed by atoms with Gasteiger partial charge in [-0.15, -0.1) is 5.10 Å². The highest BCUT2D eigenvalue weighted by Crippen LogP contribution is 2.25. The lowest BCUT2D eigenvalue weighted by molar-refractivity contribution is 0.0689. The summed E-state index contributed by atoms with van der Waals surface area (Å²) in [4.78, 5) is 21.1. The van der Waals surface area contributed by atoms with Crippen molar-refractivity contribution in [1.29, 1.82) is 0 Å². The molecule has 30 heavy (non-hydrogen) atoms. The van der Waals surface area contributed by atoms with E-state index in [2.05, 4.69) is 27.4 Å². The Kier molecular flexibility index (Phi) is 5.78. The number of aryl methyl sites for hydroxylation is 1. The van der Waals surface area contributed by atoms with Crippen LogP contribution in [0.3, 0.4) is 0 Å². The van der Waals surface area contributed by atoms with Crippen LogP contribution in [0.1, 0.15) is 48.4 Å². The van der Waals surface area contributed by atoms with E-state index in [0.717, 1.165) is 36.9 Å². The van der Waals surface area contributed by atoms with Gasteiger partial charge in [0.25, 0.3) is 11.8 Å². The second-order valence-corrected chi connectivity index (χ2v) is 7.81. The van der Waals surface area contributed by atoms with Gasteiger partial charge in [0, 0.05) is 44.9 Å². The Morgan fingerprint density at radius 1 is 1.20 bits per heavy atom. The molecule has 1 aliphatic heterocycles. The molecule has 0 bridgehead atoms. The van der Waals surface area contributed by atoms with Gasteiger partial charge in [-0.05, 0) is 43.5 Å². The van der Waals surface area contributed by atoms with E-state index < -0.39 is 0 Å². The minimum Gasteiger partial charge on any atom is -0.378 e. The van der Waals surface area contributed by atoms with Gasteiger partial charge >= 0.3 is 0 Å². The van der Waals surface area contributed by atoms with Gasteiger partial charge in [0.2, 0.25) is 0 Å². The summed E-state index contributed by atoms with van der Waals surface area (Å²) in [5.41, 5.74) is 2.39. The smallest absolute Gasteiger partial charge is 0.280 e. The van der Waals surface area contributed by atoms with Crippen molar-refractivity contribution in [2.24, 2.45) is 0 Å². The van der Waals surface area contributed by atoms with E-state index in [9.17, 15) is 4.79 Å². The van der Waals surface area contributed by atoms with Crippen molar-refractivity contribution in [2.45, 2.75) is 38.6 Å². The summed E-state index contributed by atoms with van der Waals surface area (Å²) in [5.74, 6) is 1.17. The lowest BCUT2D eigenvalue weighted by Gasteiger charge is -2.32. The molecule has 0 radical (unpaired) electrons. The highest BCUT2D eigenvalue weighted by molar-refractivity contribution is 5.94. The number of rotatable bonds is 6. The number of carbonyl (C=O) groups excluding carboxylic acids is 1. The topological polar surface area (TPSA) is 93.2 Å². The van der Waals surface area contributed by atoms with E-state index in [4.69, 9.17) is 4.52 Å². The molecule has 1 saturated heterocycles. The maximum Gasteiger partial charge on any atom is 0.280 e. The van der Waals surface area contributed by atoms with Crippen molar-refractivity contribution in [2.75, 3.05) is 32.1 Å². The van der Waals surface area contributed by atoms with Crippen LogP contribution in [0.4, 0.5) is 5.69 Å². The first-order valence-corrected chi connectivity index (χ1v) is 10.4. The van der Waals surface area contributed by atoms with Crippen LogP contribution in [0.2, 0.25) is 0 Å². The van der Waals surface area contributed by atoms with Crippen molar-refractivity contribution >= 4 is 11.6 Å².